The fraction of sp³-hybridized carbons (Fsp3) is 0.0833. The van der Waals surface area contributed by atoms with Gasteiger partial charge in [0, 0.05) is 10.9 Å². The molecule has 4 aromatic carbocycles. The molecule has 0 aliphatic carbocycles. The van der Waals surface area contributed by atoms with E-state index >= 15 is 0 Å². The van der Waals surface area contributed by atoms with Crippen molar-refractivity contribution in [3.8, 4) is 11.5 Å². The molecule has 4 rings (SSSR count). The maximum Gasteiger partial charge on any atom is 0.169 e. The van der Waals surface area contributed by atoms with Gasteiger partial charge < -0.3 is 9.47 Å². The summed E-state index contributed by atoms with van der Waals surface area (Å²) in [4.78, 5) is 0. The van der Waals surface area contributed by atoms with E-state index in [1.54, 1.807) is 14.2 Å². The number of methoxy groups -OCH3 is 2. The van der Waals surface area contributed by atoms with Crippen LogP contribution in [0.25, 0.3) is 33.7 Å². The van der Waals surface area contributed by atoms with Crippen LogP contribution in [0.15, 0.2) is 72.8 Å². The van der Waals surface area contributed by atoms with Crippen molar-refractivity contribution in [3.05, 3.63) is 83.9 Å². The van der Waals surface area contributed by atoms with Gasteiger partial charge in [0.25, 0.3) is 0 Å². The molecule has 2 nitrogen and oxygen atoms in total. The summed E-state index contributed by atoms with van der Waals surface area (Å²) in [5.41, 5.74) is 2.14. The number of fused-ring (bicyclic) bond motifs is 3. The topological polar surface area (TPSA) is 18.5 Å². The third-order valence-corrected chi connectivity index (χ3v) is 4.65. The van der Waals surface area contributed by atoms with Crippen LogP contribution in [0.2, 0.25) is 0 Å². The standard InChI is InChI=1S/C24H20O2/c1-25-23-19(13-12-17-8-4-3-5-9-17)16-22-20-11-7-6-10-18(20)14-15-21(22)24(23)26-2/h3-16H,1-2H3/b13-12-. The van der Waals surface area contributed by atoms with Gasteiger partial charge in [-0.05, 0) is 33.9 Å². The van der Waals surface area contributed by atoms with Crippen molar-refractivity contribution in [3.63, 3.8) is 0 Å². The van der Waals surface area contributed by atoms with Crippen LogP contribution < -0.4 is 9.47 Å². The molecule has 0 bridgehead atoms. The fourth-order valence-electron chi connectivity index (χ4n) is 3.41. The Kier molecular flexibility index (Phi) is 4.32. The Bertz CT molecular complexity index is 1100. The van der Waals surface area contributed by atoms with Gasteiger partial charge in [0.1, 0.15) is 0 Å². The first kappa shape index (κ1) is 16.2. The molecule has 0 saturated carbocycles. The van der Waals surface area contributed by atoms with Crippen LogP contribution in [-0.4, -0.2) is 14.2 Å². The maximum absolute atomic E-state index is 5.73. The lowest BCUT2D eigenvalue weighted by atomic mass is 9.98. The highest BCUT2D eigenvalue weighted by Crippen LogP contribution is 2.42. The number of rotatable bonds is 4. The average molecular weight is 340 g/mol. The van der Waals surface area contributed by atoms with Gasteiger partial charge in [-0.15, -0.1) is 0 Å². The molecule has 0 aliphatic rings. The zero-order valence-corrected chi connectivity index (χ0v) is 14.9. The van der Waals surface area contributed by atoms with Gasteiger partial charge in [0.2, 0.25) is 0 Å². The summed E-state index contributed by atoms with van der Waals surface area (Å²) in [6, 6.07) is 25.1. The largest absolute Gasteiger partial charge is 0.492 e. The molecule has 0 N–H and O–H groups in total. The van der Waals surface area contributed by atoms with E-state index < -0.39 is 0 Å². The number of benzene rings is 4. The zero-order valence-electron chi connectivity index (χ0n) is 14.9. The molecule has 0 aromatic heterocycles. The highest BCUT2D eigenvalue weighted by molar-refractivity contribution is 6.11. The van der Waals surface area contributed by atoms with E-state index in [1.165, 1.54) is 10.8 Å². The molecule has 0 spiro atoms. The zero-order chi connectivity index (χ0) is 17.9. The normalized spacial score (nSPS) is 11.3. The van der Waals surface area contributed by atoms with E-state index in [4.69, 9.17) is 9.47 Å². The summed E-state index contributed by atoms with van der Waals surface area (Å²) in [7, 11) is 3.38. The summed E-state index contributed by atoms with van der Waals surface area (Å²) < 4.78 is 11.4. The van der Waals surface area contributed by atoms with Crippen LogP contribution in [0, 0.1) is 0 Å². The molecular formula is C24H20O2. The van der Waals surface area contributed by atoms with Crippen LogP contribution in [0.5, 0.6) is 11.5 Å². The molecule has 2 heteroatoms. The molecule has 0 heterocycles. The summed E-state index contributed by atoms with van der Waals surface area (Å²) in [6.07, 6.45) is 4.17. The lowest BCUT2D eigenvalue weighted by Crippen LogP contribution is -1.95. The lowest BCUT2D eigenvalue weighted by molar-refractivity contribution is 0.358. The van der Waals surface area contributed by atoms with Crippen molar-refractivity contribution in [2.45, 2.75) is 0 Å². The first-order chi connectivity index (χ1) is 12.8. The predicted octanol–water partition coefficient (Wildman–Crippen LogP) is 6.18. The van der Waals surface area contributed by atoms with Crippen LogP contribution in [0.1, 0.15) is 11.1 Å². The van der Waals surface area contributed by atoms with Gasteiger partial charge in [0.15, 0.2) is 11.5 Å². The van der Waals surface area contributed by atoms with Crippen molar-refractivity contribution >= 4 is 33.7 Å². The maximum atomic E-state index is 5.73. The van der Waals surface area contributed by atoms with Crippen molar-refractivity contribution in [2.24, 2.45) is 0 Å². The van der Waals surface area contributed by atoms with Gasteiger partial charge in [-0.2, -0.15) is 0 Å². The summed E-state index contributed by atoms with van der Waals surface area (Å²) in [5.74, 6) is 1.52. The molecule has 0 aliphatic heterocycles. The minimum Gasteiger partial charge on any atom is -0.492 e. The van der Waals surface area contributed by atoms with E-state index in [0.717, 1.165) is 33.4 Å². The summed E-state index contributed by atoms with van der Waals surface area (Å²) in [5, 5.41) is 4.64. The molecule has 0 saturated heterocycles. The first-order valence-electron chi connectivity index (χ1n) is 8.61. The molecule has 0 amide bonds. The van der Waals surface area contributed by atoms with E-state index in [0.29, 0.717) is 0 Å². The molecule has 128 valence electrons. The highest BCUT2D eigenvalue weighted by Gasteiger charge is 2.15. The summed E-state index contributed by atoms with van der Waals surface area (Å²) in [6.45, 7) is 0. The van der Waals surface area contributed by atoms with Crippen LogP contribution in [0.3, 0.4) is 0 Å². The molecule has 26 heavy (non-hydrogen) atoms. The molecule has 0 fully saturated rings. The molecule has 0 atom stereocenters. The van der Waals surface area contributed by atoms with E-state index in [2.05, 4.69) is 66.7 Å². The van der Waals surface area contributed by atoms with Crippen molar-refractivity contribution in [2.75, 3.05) is 14.2 Å². The van der Waals surface area contributed by atoms with E-state index in [9.17, 15) is 0 Å². The second kappa shape index (κ2) is 6.93. The Labute approximate surface area is 153 Å². The quantitative estimate of drug-likeness (QED) is 0.326. The monoisotopic (exact) mass is 340 g/mol. The van der Waals surface area contributed by atoms with Gasteiger partial charge in [-0.3, -0.25) is 0 Å². The predicted molar refractivity (Wildman–Crippen MR) is 110 cm³/mol. The summed E-state index contributed by atoms with van der Waals surface area (Å²) >= 11 is 0. The van der Waals surface area contributed by atoms with Crippen LogP contribution >= 0.6 is 0 Å². The van der Waals surface area contributed by atoms with Crippen molar-refractivity contribution in [1.82, 2.24) is 0 Å². The SMILES string of the molecule is COc1c(/C=C\c2ccccc2)cc2c(ccc3ccccc32)c1OC. The third-order valence-electron chi connectivity index (χ3n) is 4.65. The number of hydrogen-bond donors (Lipinski definition) is 0. The number of ether oxygens (including phenoxy) is 2. The first-order valence-corrected chi connectivity index (χ1v) is 8.61. The Morgan fingerprint density at radius 1 is 0.615 bits per heavy atom. The van der Waals surface area contributed by atoms with Crippen molar-refractivity contribution < 1.29 is 9.47 Å². The lowest BCUT2D eigenvalue weighted by Gasteiger charge is -2.15. The minimum atomic E-state index is 0.752. The molecule has 4 aromatic rings. The Morgan fingerprint density at radius 3 is 2.12 bits per heavy atom. The molecular weight excluding hydrogens is 320 g/mol. The van der Waals surface area contributed by atoms with Crippen LogP contribution in [-0.2, 0) is 0 Å². The molecule has 0 unspecified atom stereocenters. The smallest absolute Gasteiger partial charge is 0.169 e. The number of hydrogen-bond acceptors (Lipinski definition) is 2. The Balaban J connectivity index is 1.99. The van der Waals surface area contributed by atoms with Crippen molar-refractivity contribution in [1.29, 1.82) is 0 Å². The van der Waals surface area contributed by atoms with Gasteiger partial charge in [-0.25, -0.2) is 0 Å². The minimum absolute atomic E-state index is 0.752. The van der Waals surface area contributed by atoms with E-state index in [1.807, 2.05) is 18.2 Å². The fourth-order valence-corrected chi connectivity index (χ4v) is 3.41. The van der Waals surface area contributed by atoms with E-state index in [-0.39, 0.29) is 0 Å². The Hall–Kier alpha value is -3.26. The molecule has 0 radical (unpaired) electrons. The second-order valence-electron chi connectivity index (χ2n) is 6.16. The third kappa shape index (κ3) is 2.80. The second-order valence-corrected chi connectivity index (χ2v) is 6.16. The Morgan fingerprint density at radius 2 is 1.35 bits per heavy atom. The van der Waals surface area contributed by atoms with Gasteiger partial charge >= 0.3 is 0 Å². The van der Waals surface area contributed by atoms with Gasteiger partial charge in [0.05, 0.1) is 14.2 Å². The van der Waals surface area contributed by atoms with Crippen LogP contribution in [0.4, 0.5) is 0 Å². The highest BCUT2D eigenvalue weighted by atomic mass is 16.5. The van der Waals surface area contributed by atoms with Gasteiger partial charge in [-0.1, -0.05) is 72.8 Å². The average Bonchev–Trinajstić information content (AvgIpc) is 2.71.